The predicted octanol–water partition coefficient (Wildman–Crippen LogP) is 1.51. The van der Waals surface area contributed by atoms with Crippen LogP contribution >= 0.6 is 0 Å². The summed E-state index contributed by atoms with van der Waals surface area (Å²) in [5.41, 5.74) is 0. The van der Waals surface area contributed by atoms with Gasteiger partial charge in [0.1, 0.15) is 0 Å². The largest absolute Gasteiger partial charge is 0.352 e. The molecule has 0 aromatic carbocycles. The first-order valence-electron chi connectivity index (χ1n) is 7.98. The minimum Gasteiger partial charge on any atom is -0.352 e. The minimum absolute atomic E-state index is 0.0695. The molecule has 4 nitrogen and oxygen atoms in total. The van der Waals surface area contributed by atoms with Crippen molar-refractivity contribution in [3.8, 4) is 0 Å². The first-order valence-corrected chi connectivity index (χ1v) is 7.98. The normalized spacial score (nSPS) is 26.7. The van der Waals surface area contributed by atoms with E-state index in [1.807, 2.05) is 6.92 Å². The van der Waals surface area contributed by atoms with Crippen molar-refractivity contribution in [2.75, 3.05) is 19.6 Å². The summed E-state index contributed by atoms with van der Waals surface area (Å²) >= 11 is 0. The van der Waals surface area contributed by atoms with Gasteiger partial charge < -0.3 is 10.6 Å². The SMILES string of the molecule is CCN1CCC[C@@H]1CN[C@@H](C)C(=O)NC1CCCC1. The Bertz CT molecular complexity index is 289. The van der Waals surface area contributed by atoms with Gasteiger partial charge in [-0.05, 0) is 45.7 Å². The average molecular weight is 267 g/mol. The van der Waals surface area contributed by atoms with Crippen LogP contribution in [-0.2, 0) is 4.79 Å². The zero-order chi connectivity index (χ0) is 13.7. The van der Waals surface area contributed by atoms with Crippen molar-refractivity contribution in [3.63, 3.8) is 0 Å². The van der Waals surface area contributed by atoms with E-state index < -0.39 is 0 Å². The lowest BCUT2D eigenvalue weighted by Gasteiger charge is -2.25. The molecule has 1 heterocycles. The van der Waals surface area contributed by atoms with Gasteiger partial charge in [-0.1, -0.05) is 19.8 Å². The standard InChI is InChI=1S/C15H29N3O/c1-3-18-10-6-9-14(18)11-16-12(2)15(19)17-13-7-4-5-8-13/h12-14,16H,3-11H2,1-2H3,(H,17,19)/t12-,14+/m0/s1. The van der Waals surface area contributed by atoms with Crippen LogP contribution in [0.5, 0.6) is 0 Å². The van der Waals surface area contributed by atoms with E-state index in [-0.39, 0.29) is 11.9 Å². The number of carbonyl (C=O) groups excluding carboxylic acids is 1. The highest BCUT2D eigenvalue weighted by molar-refractivity contribution is 5.81. The lowest BCUT2D eigenvalue weighted by molar-refractivity contribution is -0.123. The molecule has 1 aliphatic heterocycles. The Kier molecular flexibility index (Phi) is 5.64. The highest BCUT2D eigenvalue weighted by Gasteiger charge is 2.25. The number of rotatable bonds is 6. The van der Waals surface area contributed by atoms with Crippen LogP contribution < -0.4 is 10.6 Å². The number of likely N-dealkylation sites (N-methyl/N-ethyl adjacent to an activating group) is 1. The molecular formula is C15H29N3O. The third kappa shape index (κ3) is 4.18. The molecule has 2 fully saturated rings. The van der Waals surface area contributed by atoms with Crippen LogP contribution in [0.4, 0.5) is 0 Å². The summed E-state index contributed by atoms with van der Waals surface area (Å²) in [6.07, 6.45) is 7.40. The highest BCUT2D eigenvalue weighted by Crippen LogP contribution is 2.18. The maximum atomic E-state index is 12.1. The summed E-state index contributed by atoms with van der Waals surface area (Å²) in [4.78, 5) is 14.6. The highest BCUT2D eigenvalue weighted by atomic mass is 16.2. The van der Waals surface area contributed by atoms with Crippen LogP contribution in [0.1, 0.15) is 52.4 Å². The summed E-state index contributed by atoms with van der Waals surface area (Å²) in [7, 11) is 0. The molecule has 1 amide bonds. The van der Waals surface area contributed by atoms with Crippen molar-refractivity contribution in [1.29, 1.82) is 0 Å². The van der Waals surface area contributed by atoms with Gasteiger partial charge in [0, 0.05) is 18.6 Å². The Labute approximate surface area is 117 Å². The average Bonchev–Trinajstić information content (AvgIpc) is 3.06. The van der Waals surface area contributed by atoms with Gasteiger partial charge in [0.25, 0.3) is 0 Å². The molecule has 1 saturated carbocycles. The maximum absolute atomic E-state index is 12.1. The number of hydrogen-bond donors (Lipinski definition) is 2. The fourth-order valence-electron chi connectivity index (χ4n) is 3.34. The van der Waals surface area contributed by atoms with Gasteiger partial charge in [-0.25, -0.2) is 0 Å². The van der Waals surface area contributed by atoms with Gasteiger partial charge in [-0.3, -0.25) is 9.69 Å². The molecule has 19 heavy (non-hydrogen) atoms. The molecular weight excluding hydrogens is 238 g/mol. The van der Waals surface area contributed by atoms with Crippen LogP contribution in [0, 0.1) is 0 Å². The molecule has 2 atom stereocenters. The van der Waals surface area contributed by atoms with Gasteiger partial charge in [0.05, 0.1) is 6.04 Å². The number of carbonyl (C=O) groups is 1. The topological polar surface area (TPSA) is 44.4 Å². The summed E-state index contributed by atoms with van der Waals surface area (Å²) < 4.78 is 0. The zero-order valence-electron chi connectivity index (χ0n) is 12.5. The Morgan fingerprint density at radius 3 is 2.68 bits per heavy atom. The van der Waals surface area contributed by atoms with Gasteiger partial charge in [0.2, 0.25) is 5.91 Å². The van der Waals surface area contributed by atoms with E-state index in [1.165, 1.54) is 32.2 Å². The van der Waals surface area contributed by atoms with Crippen molar-refractivity contribution in [3.05, 3.63) is 0 Å². The summed E-state index contributed by atoms with van der Waals surface area (Å²) in [6.45, 7) is 7.47. The molecule has 110 valence electrons. The molecule has 1 aliphatic carbocycles. The summed E-state index contributed by atoms with van der Waals surface area (Å²) in [5.74, 6) is 0.174. The van der Waals surface area contributed by atoms with Crippen molar-refractivity contribution in [2.24, 2.45) is 0 Å². The smallest absolute Gasteiger partial charge is 0.237 e. The van der Waals surface area contributed by atoms with Gasteiger partial charge in [-0.2, -0.15) is 0 Å². The fourth-order valence-corrected chi connectivity index (χ4v) is 3.34. The molecule has 0 spiro atoms. The van der Waals surface area contributed by atoms with E-state index in [0.717, 1.165) is 25.9 Å². The molecule has 0 bridgehead atoms. The quantitative estimate of drug-likeness (QED) is 0.767. The predicted molar refractivity (Wildman–Crippen MR) is 78.1 cm³/mol. The van der Waals surface area contributed by atoms with Crippen molar-refractivity contribution in [2.45, 2.75) is 70.5 Å². The minimum atomic E-state index is -0.0695. The second-order valence-corrected chi connectivity index (χ2v) is 6.04. The van der Waals surface area contributed by atoms with E-state index in [1.54, 1.807) is 0 Å². The monoisotopic (exact) mass is 267 g/mol. The molecule has 1 saturated heterocycles. The molecule has 2 aliphatic rings. The second kappa shape index (κ2) is 7.25. The lowest BCUT2D eigenvalue weighted by atomic mass is 10.2. The summed E-state index contributed by atoms with van der Waals surface area (Å²) in [6, 6.07) is 0.974. The Morgan fingerprint density at radius 2 is 2.00 bits per heavy atom. The number of amides is 1. The fraction of sp³-hybridized carbons (Fsp3) is 0.933. The van der Waals surface area contributed by atoms with Gasteiger partial charge >= 0.3 is 0 Å². The van der Waals surface area contributed by atoms with Crippen LogP contribution in [0.2, 0.25) is 0 Å². The molecule has 2 rings (SSSR count). The Morgan fingerprint density at radius 1 is 1.26 bits per heavy atom. The van der Waals surface area contributed by atoms with E-state index in [4.69, 9.17) is 0 Å². The maximum Gasteiger partial charge on any atom is 0.237 e. The zero-order valence-corrected chi connectivity index (χ0v) is 12.5. The van der Waals surface area contributed by atoms with Crippen LogP contribution in [0.15, 0.2) is 0 Å². The van der Waals surface area contributed by atoms with Gasteiger partial charge in [-0.15, -0.1) is 0 Å². The second-order valence-electron chi connectivity index (χ2n) is 6.04. The molecule has 2 N–H and O–H groups in total. The Hall–Kier alpha value is -0.610. The molecule has 0 aromatic heterocycles. The summed E-state index contributed by atoms with van der Waals surface area (Å²) in [5, 5.41) is 6.57. The number of nitrogens with zero attached hydrogens (tertiary/aromatic N) is 1. The molecule has 0 aromatic rings. The number of likely N-dealkylation sites (tertiary alicyclic amines) is 1. The number of nitrogens with one attached hydrogen (secondary N) is 2. The van der Waals surface area contributed by atoms with E-state index in [0.29, 0.717) is 12.1 Å². The van der Waals surface area contributed by atoms with Crippen molar-refractivity contribution in [1.82, 2.24) is 15.5 Å². The van der Waals surface area contributed by atoms with Crippen LogP contribution in [0.25, 0.3) is 0 Å². The van der Waals surface area contributed by atoms with Crippen LogP contribution in [0.3, 0.4) is 0 Å². The van der Waals surface area contributed by atoms with E-state index in [2.05, 4.69) is 22.5 Å². The Balaban J connectivity index is 1.68. The van der Waals surface area contributed by atoms with E-state index >= 15 is 0 Å². The van der Waals surface area contributed by atoms with Crippen LogP contribution in [-0.4, -0.2) is 48.6 Å². The third-order valence-electron chi connectivity index (χ3n) is 4.66. The van der Waals surface area contributed by atoms with Crippen molar-refractivity contribution >= 4 is 5.91 Å². The molecule has 4 heteroatoms. The first-order chi connectivity index (χ1) is 9.20. The van der Waals surface area contributed by atoms with E-state index in [9.17, 15) is 4.79 Å². The first kappa shape index (κ1) is 14.8. The number of hydrogen-bond acceptors (Lipinski definition) is 3. The molecule has 0 radical (unpaired) electrons. The third-order valence-corrected chi connectivity index (χ3v) is 4.66. The van der Waals surface area contributed by atoms with Crippen molar-refractivity contribution < 1.29 is 4.79 Å². The van der Waals surface area contributed by atoms with Gasteiger partial charge in [0.15, 0.2) is 0 Å². The lowest BCUT2D eigenvalue weighted by Crippen LogP contribution is -2.49. The molecule has 0 unspecified atom stereocenters.